The number of nitrogens with zero attached hydrogens (tertiary/aromatic N) is 4. The van der Waals surface area contributed by atoms with Crippen molar-refractivity contribution in [1.82, 2.24) is 14.7 Å². The predicted octanol–water partition coefficient (Wildman–Crippen LogP) is 0.758. The second kappa shape index (κ2) is 9.02. The van der Waals surface area contributed by atoms with Crippen LogP contribution in [0.2, 0.25) is 0 Å². The van der Waals surface area contributed by atoms with Crippen LogP contribution in [0.5, 0.6) is 0 Å². The van der Waals surface area contributed by atoms with Crippen LogP contribution in [0.25, 0.3) is 0 Å². The SMILES string of the molecule is CC(=O)N1CCN(C[C@@]2(O)CCN(CC3(O)CCN(c4cccc(F)c4)CC3)C2)CC1. The van der Waals surface area contributed by atoms with E-state index in [4.69, 9.17) is 0 Å². The Labute approximate surface area is 184 Å². The van der Waals surface area contributed by atoms with E-state index >= 15 is 0 Å². The van der Waals surface area contributed by atoms with Crippen LogP contribution < -0.4 is 4.90 Å². The van der Waals surface area contributed by atoms with E-state index in [9.17, 15) is 19.4 Å². The lowest BCUT2D eigenvalue weighted by atomic mass is 9.90. The number of β-amino-alcohol motifs (C(OH)–C–C–N with tert-alkyl or cyclic N) is 2. The van der Waals surface area contributed by atoms with Crippen molar-refractivity contribution in [2.45, 2.75) is 37.4 Å². The van der Waals surface area contributed by atoms with E-state index in [-0.39, 0.29) is 11.7 Å². The summed E-state index contributed by atoms with van der Waals surface area (Å²) in [6.07, 6.45) is 1.96. The van der Waals surface area contributed by atoms with Crippen LogP contribution in [0.15, 0.2) is 24.3 Å². The molecule has 2 N–H and O–H groups in total. The van der Waals surface area contributed by atoms with Crippen molar-refractivity contribution in [1.29, 1.82) is 0 Å². The summed E-state index contributed by atoms with van der Waals surface area (Å²) < 4.78 is 13.5. The van der Waals surface area contributed by atoms with Gasteiger partial charge >= 0.3 is 0 Å². The third-order valence-electron chi connectivity index (χ3n) is 7.13. The number of anilines is 1. The monoisotopic (exact) mass is 434 g/mol. The van der Waals surface area contributed by atoms with E-state index in [1.165, 1.54) is 6.07 Å². The van der Waals surface area contributed by atoms with Gasteiger partial charge in [-0.15, -0.1) is 0 Å². The molecule has 0 bridgehead atoms. The molecule has 0 spiro atoms. The first-order chi connectivity index (χ1) is 14.7. The van der Waals surface area contributed by atoms with E-state index in [1.807, 2.05) is 11.0 Å². The van der Waals surface area contributed by atoms with Crippen LogP contribution in [-0.4, -0.2) is 107 Å². The minimum Gasteiger partial charge on any atom is -0.388 e. The van der Waals surface area contributed by atoms with Crippen molar-refractivity contribution in [3.05, 3.63) is 30.1 Å². The summed E-state index contributed by atoms with van der Waals surface area (Å²) in [5.74, 6) is -0.125. The van der Waals surface area contributed by atoms with E-state index in [0.717, 1.165) is 38.4 Å². The normalized spacial score (nSPS) is 27.6. The second-order valence-electron chi connectivity index (χ2n) is 9.66. The Morgan fingerprint density at radius 2 is 1.58 bits per heavy atom. The van der Waals surface area contributed by atoms with Gasteiger partial charge in [0.25, 0.3) is 0 Å². The molecule has 0 unspecified atom stereocenters. The van der Waals surface area contributed by atoms with Gasteiger partial charge in [-0.3, -0.25) is 14.6 Å². The second-order valence-corrected chi connectivity index (χ2v) is 9.66. The molecule has 8 heteroatoms. The van der Waals surface area contributed by atoms with Crippen LogP contribution in [0.1, 0.15) is 26.2 Å². The number of rotatable bonds is 5. The van der Waals surface area contributed by atoms with Gasteiger partial charge in [-0.05, 0) is 37.5 Å². The molecule has 3 heterocycles. The maximum atomic E-state index is 13.5. The highest BCUT2D eigenvalue weighted by Gasteiger charge is 2.42. The maximum Gasteiger partial charge on any atom is 0.219 e. The smallest absolute Gasteiger partial charge is 0.219 e. The molecular formula is C23H35FN4O3. The Hall–Kier alpha value is -1.74. The lowest BCUT2D eigenvalue weighted by Crippen LogP contribution is -2.54. The van der Waals surface area contributed by atoms with Gasteiger partial charge in [0, 0.05) is 78.1 Å². The number of piperidine rings is 1. The van der Waals surface area contributed by atoms with Crippen LogP contribution in [0.4, 0.5) is 10.1 Å². The van der Waals surface area contributed by atoms with Gasteiger partial charge in [0.05, 0.1) is 11.2 Å². The zero-order valence-electron chi connectivity index (χ0n) is 18.5. The Kier molecular flexibility index (Phi) is 6.53. The summed E-state index contributed by atoms with van der Waals surface area (Å²) in [5.41, 5.74) is -0.679. The number of likely N-dealkylation sites (tertiary alicyclic amines) is 1. The number of hydrogen-bond donors (Lipinski definition) is 2. The van der Waals surface area contributed by atoms with Crippen molar-refractivity contribution in [2.24, 2.45) is 0 Å². The molecule has 0 saturated carbocycles. The number of benzene rings is 1. The average molecular weight is 435 g/mol. The van der Waals surface area contributed by atoms with Gasteiger partial charge < -0.3 is 20.0 Å². The van der Waals surface area contributed by atoms with E-state index in [1.54, 1.807) is 19.1 Å². The summed E-state index contributed by atoms with van der Waals surface area (Å²) in [6.45, 7) is 8.53. The van der Waals surface area contributed by atoms with Gasteiger partial charge in [-0.2, -0.15) is 0 Å². The van der Waals surface area contributed by atoms with Crippen molar-refractivity contribution in [3.63, 3.8) is 0 Å². The van der Waals surface area contributed by atoms with E-state index in [0.29, 0.717) is 52.0 Å². The molecule has 1 atom stereocenters. The standard InChI is InChI=1S/C23H35FN4O3/c1-19(29)27-13-11-25(12-14-27)17-23(31)5-8-26(18-23)16-22(30)6-9-28(10-7-22)21-4-2-3-20(24)15-21/h2-4,15,30-31H,5-14,16-18H2,1H3/t23-/m0/s1. The summed E-state index contributed by atoms with van der Waals surface area (Å²) >= 11 is 0. The number of hydrogen-bond acceptors (Lipinski definition) is 6. The lowest BCUT2D eigenvalue weighted by Gasteiger charge is -2.41. The fourth-order valence-corrected chi connectivity index (χ4v) is 5.27. The molecule has 172 valence electrons. The fraction of sp³-hybridized carbons (Fsp3) is 0.696. The first-order valence-corrected chi connectivity index (χ1v) is 11.4. The lowest BCUT2D eigenvalue weighted by molar-refractivity contribution is -0.130. The number of piperazine rings is 1. The molecule has 1 amide bonds. The van der Waals surface area contributed by atoms with Gasteiger partial charge in [0.15, 0.2) is 0 Å². The third-order valence-corrected chi connectivity index (χ3v) is 7.13. The minimum atomic E-state index is -0.776. The minimum absolute atomic E-state index is 0.113. The van der Waals surface area contributed by atoms with Crippen molar-refractivity contribution in [3.8, 4) is 0 Å². The average Bonchev–Trinajstić information content (AvgIpc) is 3.08. The van der Waals surface area contributed by atoms with Crippen LogP contribution in [0.3, 0.4) is 0 Å². The number of carbonyl (C=O) groups excluding carboxylic acids is 1. The number of amides is 1. The Bertz CT molecular complexity index is 778. The molecule has 3 saturated heterocycles. The van der Waals surface area contributed by atoms with Crippen molar-refractivity contribution < 1.29 is 19.4 Å². The Morgan fingerprint density at radius 1 is 0.935 bits per heavy atom. The summed E-state index contributed by atoms with van der Waals surface area (Å²) in [4.78, 5) is 19.9. The first kappa shape index (κ1) is 22.5. The van der Waals surface area contributed by atoms with Crippen LogP contribution in [0, 0.1) is 5.82 Å². The largest absolute Gasteiger partial charge is 0.388 e. The van der Waals surface area contributed by atoms with E-state index < -0.39 is 11.2 Å². The molecule has 1 aromatic rings. The highest BCUT2D eigenvalue weighted by Crippen LogP contribution is 2.30. The topological polar surface area (TPSA) is 70.5 Å². The molecule has 3 aliphatic rings. The highest BCUT2D eigenvalue weighted by atomic mass is 19.1. The highest BCUT2D eigenvalue weighted by molar-refractivity contribution is 5.73. The summed E-state index contributed by atoms with van der Waals surface area (Å²) in [6, 6.07) is 6.61. The van der Waals surface area contributed by atoms with Gasteiger partial charge in [0.1, 0.15) is 5.82 Å². The van der Waals surface area contributed by atoms with Gasteiger partial charge in [-0.1, -0.05) is 6.07 Å². The van der Waals surface area contributed by atoms with Crippen LogP contribution in [-0.2, 0) is 4.79 Å². The summed E-state index contributed by atoms with van der Waals surface area (Å²) in [7, 11) is 0. The molecule has 0 aliphatic carbocycles. The number of aliphatic hydroxyl groups is 2. The molecular weight excluding hydrogens is 399 g/mol. The molecule has 3 aliphatic heterocycles. The zero-order chi connectivity index (χ0) is 22.1. The quantitative estimate of drug-likeness (QED) is 0.713. The maximum absolute atomic E-state index is 13.5. The zero-order valence-corrected chi connectivity index (χ0v) is 18.5. The first-order valence-electron chi connectivity index (χ1n) is 11.4. The molecule has 7 nitrogen and oxygen atoms in total. The molecule has 31 heavy (non-hydrogen) atoms. The molecule has 0 radical (unpaired) electrons. The third kappa shape index (κ3) is 5.55. The number of carbonyl (C=O) groups is 1. The van der Waals surface area contributed by atoms with Crippen molar-refractivity contribution >= 4 is 11.6 Å². The Balaban J connectivity index is 1.25. The number of halogens is 1. The molecule has 4 rings (SSSR count). The Morgan fingerprint density at radius 3 is 2.23 bits per heavy atom. The molecule has 1 aromatic carbocycles. The van der Waals surface area contributed by atoms with E-state index in [2.05, 4.69) is 14.7 Å². The predicted molar refractivity (Wildman–Crippen MR) is 117 cm³/mol. The molecule has 0 aromatic heterocycles. The van der Waals surface area contributed by atoms with Crippen molar-refractivity contribution in [2.75, 3.05) is 70.3 Å². The van der Waals surface area contributed by atoms with Crippen LogP contribution >= 0.6 is 0 Å². The molecule has 3 fully saturated rings. The summed E-state index contributed by atoms with van der Waals surface area (Å²) in [5, 5.41) is 22.3. The van der Waals surface area contributed by atoms with Gasteiger partial charge in [-0.25, -0.2) is 4.39 Å². The van der Waals surface area contributed by atoms with Gasteiger partial charge in [0.2, 0.25) is 5.91 Å². The fourth-order valence-electron chi connectivity index (χ4n) is 5.27.